The molecule has 0 bridgehead atoms. The van der Waals surface area contributed by atoms with Crippen LogP contribution in [0.25, 0.3) is 11.1 Å². The second-order valence-electron chi connectivity index (χ2n) is 4.35. The predicted molar refractivity (Wildman–Crippen MR) is 79.6 cm³/mol. The van der Waals surface area contributed by atoms with Crippen LogP contribution in [0.2, 0.25) is 0 Å². The number of ether oxygens (including phenoxy) is 1. The number of thiophene rings is 1. The van der Waals surface area contributed by atoms with E-state index in [1.165, 1.54) is 24.0 Å². The average Bonchev–Trinajstić information content (AvgIpc) is 2.76. The van der Waals surface area contributed by atoms with E-state index in [0.717, 1.165) is 22.4 Å². The van der Waals surface area contributed by atoms with Gasteiger partial charge in [0.2, 0.25) is 0 Å². The van der Waals surface area contributed by atoms with Crippen LogP contribution in [0, 0.1) is 6.92 Å². The van der Waals surface area contributed by atoms with Gasteiger partial charge in [-0.1, -0.05) is 36.8 Å². The van der Waals surface area contributed by atoms with Crippen molar-refractivity contribution in [1.29, 1.82) is 0 Å². The summed E-state index contributed by atoms with van der Waals surface area (Å²) in [4.78, 5) is 13.3. The molecule has 0 radical (unpaired) electrons. The summed E-state index contributed by atoms with van der Waals surface area (Å²) in [5.41, 5.74) is 9.87. The highest BCUT2D eigenvalue weighted by atomic mass is 32.1. The van der Waals surface area contributed by atoms with Crippen LogP contribution in [0.4, 0.5) is 5.69 Å². The van der Waals surface area contributed by atoms with E-state index >= 15 is 0 Å². The van der Waals surface area contributed by atoms with Gasteiger partial charge in [-0.3, -0.25) is 0 Å². The van der Waals surface area contributed by atoms with Crippen LogP contribution in [0.3, 0.4) is 0 Å². The average molecular weight is 275 g/mol. The number of nitrogens with two attached hydrogens (primary N) is 1. The van der Waals surface area contributed by atoms with Crippen molar-refractivity contribution in [3.8, 4) is 11.1 Å². The molecule has 1 aromatic carbocycles. The maximum atomic E-state index is 11.7. The normalized spacial score (nSPS) is 10.5. The molecule has 0 saturated carbocycles. The number of aryl methyl sites for hydroxylation is 2. The van der Waals surface area contributed by atoms with Gasteiger partial charge < -0.3 is 10.5 Å². The van der Waals surface area contributed by atoms with Crippen molar-refractivity contribution in [2.24, 2.45) is 0 Å². The Morgan fingerprint density at radius 3 is 2.47 bits per heavy atom. The first-order chi connectivity index (χ1) is 9.08. The maximum Gasteiger partial charge on any atom is 0.350 e. The van der Waals surface area contributed by atoms with Gasteiger partial charge >= 0.3 is 5.97 Å². The van der Waals surface area contributed by atoms with E-state index in [9.17, 15) is 4.79 Å². The predicted octanol–water partition coefficient (Wildman–Crippen LogP) is 3.65. The van der Waals surface area contributed by atoms with E-state index in [1.807, 2.05) is 31.2 Å². The first-order valence-corrected chi connectivity index (χ1v) is 6.96. The molecule has 0 fully saturated rings. The largest absolute Gasteiger partial charge is 0.465 e. The molecule has 0 aliphatic heterocycles. The Bertz CT molecular complexity index is 599. The summed E-state index contributed by atoms with van der Waals surface area (Å²) in [5.74, 6) is -0.365. The van der Waals surface area contributed by atoms with Crippen LogP contribution in [-0.2, 0) is 11.2 Å². The number of methoxy groups -OCH3 is 1. The lowest BCUT2D eigenvalue weighted by molar-refractivity contribution is 0.0607. The molecule has 0 aliphatic carbocycles. The van der Waals surface area contributed by atoms with E-state index in [-0.39, 0.29) is 5.97 Å². The molecular formula is C15H17NO2S. The van der Waals surface area contributed by atoms with Gasteiger partial charge in [0.1, 0.15) is 4.88 Å². The summed E-state index contributed by atoms with van der Waals surface area (Å²) in [7, 11) is 1.37. The Labute approximate surface area is 117 Å². The molecule has 3 nitrogen and oxygen atoms in total. The Balaban J connectivity index is 2.59. The van der Waals surface area contributed by atoms with Crippen molar-refractivity contribution >= 4 is 23.0 Å². The van der Waals surface area contributed by atoms with Gasteiger partial charge in [-0.2, -0.15) is 0 Å². The molecule has 1 heterocycles. The minimum Gasteiger partial charge on any atom is -0.465 e. The van der Waals surface area contributed by atoms with Gasteiger partial charge in [-0.15, -0.1) is 11.3 Å². The topological polar surface area (TPSA) is 52.3 Å². The highest BCUT2D eigenvalue weighted by Gasteiger charge is 2.21. The molecule has 100 valence electrons. The quantitative estimate of drug-likeness (QED) is 0.870. The molecule has 0 saturated heterocycles. The molecule has 0 atom stereocenters. The lowest BCUT2D eigenvalue weighted by Gasteiger charge is -2.05. The van der Waals surface area contributed by atoms with Gasteiger partial charge in [0.05, 0.1) is 12.8 Å². The summed E-state index contributed by atoms with van der Waals surface area (Å²) in [6.45, 7) is 4.10. The summed E-state index contributed by atoms with van der Waals surface area (Å²) in [6, 6.07) is 8.16. The first-order valence-electron chi connectivity index (χ1n) is 6.15. The monoisotopic (exact) mass is 275 g/mol. The zero-order chi connectivity index (χ0) is 14.0. The van der Waals surface area contributed by atoms with E-state index < -0.39 is 0 Å². The van der Waals surface area contributed by atoms with Crippen molar-refractivity contribution in [3.63, 3.8) is 0 Å². The fourth-order valence-electron chi connectivity index (χ4n) is 2.02. The molecule has 4 heteroatoms. The third-order valence-electron chi connectivity index (χ3n) is 3.05. The van der Waals surface area contributed by atoms with Crippen molar-refractivity contribution in [2.45, 2.75) is 20.3 Å². The number of rotatable bonds is 3. The van der Waals surface area contributed by atoms with Gasteiger partial charge in [-0.05, 0) is 18.9 Å². The van der Waals surface area contributed by atoms with Crippen molar-refractivity contribution in [2.75, 3.05) is 12.8 Å². The van der Waals surface area contributed by atoms with Gasteiger partial charge in [0.15, 0.2) is 0 Å². The van der Waals surface area contributed by atoms with Crippen LogP contribution in [-0.4, -0.2) is 13.1 Å². The smallest absolute Gasteiger partial charge is 0.350 e. The highest BCUT2D eigenvalue weighted by molar-refractivity contribution is 7.15. The third kappa shape index (κ3) is 2.49. The van der Waals surface area contributed by atoms with Crippen molar-refractivity contribution in [3.05, 3.63) is 39.6 Å². The lowest BCUT2D eigenvalue weighted by atomic mass is 10.0. The Morgan fingerprint density at radius 2 is 1.95 bits per heavy atom. The Kier molecular flexibility index (Phi) is 3.90. The number of benzene rings is 1. The maximum absolute atomic E-state index is 11.7. The summed E-state index contributed by atoms with van der Waals surface area (Å²) in [5, 5.41) is 0. The van der Waals surface area contributed by atoms with Crippen LogP contribution in [0.15, 0.2) is 24.3 Å². The number of esters is 1. The Hall–Kier alpha value is -1.81. The van der Waals surface area contributed by atoms with E-state index in [1.54, 1.807) is 0 Å². The fourth-order valence-corrected chi connectivity index (χ4v) is 3.12. The zero-order valence-corrected chi connectivity index (χ0v) is 12.1. The van der Waals surface area contributed by atoms with Crippen LogP contribution >= 0.6 is 11.3 Å². The molecular weight excluding hydrogens is 258 g/mol. The van der Waals surface area contributed by atoms with Gasteiger partial charge in [0.25, 0.3) is 0 Å². The van der Waals surface area contributed by atoms with E-state index in [4.69, 9.17) is 10.5 Å². The summed E-state index contributed by atoms with van der Waals surface area (Å²) >= 11 is 1.42. The molecule has 0 amide bonds. The number of hydrogen-bond acceptors (Lipinski definition) is 4. The van der Waals surface area contributed by atoms with E-state index in [2.05, 4.69) is 6.92 Å². The number of nitrogen functional groups attached to an aromatic ring is 1. The molecule has 2 rings (SSSR count). The zero-order valence-electron chi connectivity index (χ0n) is 11.3. The number of hydrogen-bond donors (Lipinski definition) is 1. The third-order valence-corrected chi connectivity index (χ3v) is 4.38. The number of anilines is 1. The number of carbonyl (C=O) groups excluding carboxylic acids is 1. The molecule has 1 aromatic heterocycles. The highest BCUT2D eigenvalue weighted by Crippen LogP contribution is 2.39. The molecule has 0 spiro atoms. The summed E-state index contributed by atoms with van der Waals surface area (Å²) in [6.07, 6.45) is 0.842. The van der Waals surface area contributed by atoms with Crippen LogP contribution in [0.5, 0.6) is 0 Å². The SMILES string of the molecule is CCc1sc(C(=O)OC)c(N)c1-c1ccc(C)cc1. The molecule has 0 unspecified atom stereocenters. The molecule has 0 aliphatic rings. The lowest BCUT2D eigenvalue weighted by Crippen LogP contribution is -2.02. The summed E-state index contributed by atoms with van der Waals surface area (Å²) < 4.78 is 4.78. The molecule has 19 heavy (non-hydrogen) atoms. The van der Waals surface area contributed by atoms with Crippen molar-refractivity contribution in [1.82, 2.24) is 0 Å². The van der Waals surface area contributed by atoms with Gasteiger partial charge in [-0.25, -0.2) is 4.79 Å². The number of carbonyl (C=O) groups is 1. The van der Waals surface area contributed by atoms with Crippen LogP contribution in [0.1, 0.15) is 27.0 Å². The minimum absolute atomic E-state index is 0.365. The van der Waals surface area contributed by atoms with Crippen LogP contribution < -0.4 is 5.73 Å². The minimum atomic E-state index is -0.365. The molecule has 2 aromatic rings. The van der Waals surface area contributed by atoms with Crippen molar-refractivity contribution < 1.29 is 9.53 Å². The first kappa shape index (κ1) is 13.6. The second-order valence-corrected chi connectivity index (χ2v) is 5.46. The van der Waals surface area contributed by atoms with E-state index in [0.29, 0.717) is 10.6 Å². The Morgan fingerprint density at radius 1 is 1.32 bits per heavy atom. The second kappa shape index (κ2) is 5.45. The standard InChI is InChI=1S/C15H17NO2S/c1-4-11-12(10-7-5-9(2)6-8-10)13(16)14(19-11)15(17)18-3/h5-8H,4,16H2,1-3H3. The van der Waals surface area contributed by atoms with Gasteiger partial charge in [0, 0.05) is 10.4 Å². The molecule has 2 N–H and O–H groups in total. The fraction of sp³-hybridized carbons (Fsp3) is 0.267.